The first-order chi connectivity index (χ1) is 7.24. The lowest BCUT2D eigenvalue weighted by molar-refractivity contribution is -0.0944. The number of nitrogens with zero attached hydrogens (tertiary/aromatic N) is 2. The topological polar surface area (TPSA) is 36.3 Å². The summed E-state index contributed by atoms with van der Waals surface area (Å²) in [6.07, 6.45) is 0. The van der Waals surface area contributed by atoms with E-state index in [-0.39, 0.29) is 6.04 Å². The molecular weight excluding hydrogens is 188 g/mol. The zero-order valence-electron chi connectivity index (χ0n) is 8.77. The van der Waals surface area contributed by atoms with Crippen molar-refractivity contribution >= 4 is 0 Å². The molecule has 1 atom stereocenters. The summed E-state index contributed by atoms with van der Waals surface area (Å²) in [5.74, 6) is 0.689. The molecule has 0 amide bonds. The normalized spacial score (nSPS) is 21.3. The predicted octanol–water partition coefficient (Wildman–Crippen LogP) is 2.40. The molecule has 3 heteroatoms. The fourth-order valence-electron chi connectivity index (χ4n) is 1.84. The Morgan fingerprint density at radius 3 is 2.60 bits per heavy atom. The highest BCUT2D eigenvalue weighted by atomic mass is 16.7. The molecule has 76 valence electrons. The minimum Gasteiger partial charge on any atom is -0.409 e. The van der Waals surface area contributed by atoms with E-state index in [0.29, 0.717) is 11.3 Å². The van der Waals surface area contributed by atoms with Gasteiger partial charge >= 0.3 is 0 Å². The van der Waals surface area contributed by atoms with Gasteiger partial charge in [0.15, 0.2) is 0 Å². The Morgan fingerprint density at radius 1 is 1.33 bits per heavy atom. The summed E-state index contributed by atoms with van der Waals surface area (Å²) in [4.78, 5) is 5.42. The molecule has 0 saturated carbocycles. The molecule has 0 N–H and O–H groups in total. The van der Waals surface area contributed by atoms with E-state index in [2.05, 4.69) is 6.07 Å². The molecule has 0 spiro atoms. The number of hydrogen-bond donors (Lipinski definition) is 0. The average Bonchev–Trinajstić information content (AvgIpc) is 2.54. The molecule has 0 radical (unpaired) electrons. The maximum Gasteiger partial charge on any atom is 0.137 e. The number of nitriles is 1. The first-order valence-corrected chi connectivity index (χ1v) is 4.80. The summed E-state index contributed by atoms with van der Waals surface area (Å²) in [6.45, 7) is 1.82. The van der Waals surface area contributed by atoms with Crippen molar-refractivity contribution in [2.45, 2.75) is 13.0 Å². The van der Waals surface area contributed by atoms with Crippen LogP contribution in [0.2, 0.25) is 0 Å². The number of rotatable bonds is 1. The van der Waals surface area contributed by atoms with Crippen LogP contribution in [0.3, 0.4) is 0 Å². The second kappa shape index (κ2) is 3.76. The van der Waals surface area contributed by atoms with E-state index in [4.69, 9.17) is 10.1 Å². The first-order valence-electron chi connectivity index (χ1n) is 4.80. The van der Waals surface area contributed by atoms with Gasteiger partial charge in [0, 0.05) is 7.05 Å². The molecule has 15 heavy (non-hydrogen) atoms. The van der Waals surface area contributed by atoms with E-state index in [1.54, 1.807) is 5.06 Å². The maximum absolute atomic E-state index is 9.07. The molecule has 1 aromatic rings. The molecule has 1 heterocycles. The van der Waals surface area contributed by atoms with Crippen molar-refractivity contribution in [2.24, 2.45) is 0 Å². The second-order valence-corrected chi connectivity index (χ2v) is 3.53. The summed E-state index contributed by atoms with van der Waals surface area (Å²) in [6, 6.07) is 12.0. The van der Waals surface area contributed by atoms with Gasteiger partial charge in [0.25, 0.3) is 0 Å². The lowest BCUT2D eigenvalue weighted by atomic mass is 10.00. The Balaban J connectivity index is 2.42. The van der Waals surface area contributed by atoms with Crippen molar-refractivity contribution in [2.75, 3.05) is 7.05 Å². The molecule has 0 fully saturated rings. The lowest BCUT2D eigenvalue weighted by Crippen LogP contribution is -2.18. The van der Waals surface area contributed by atoms with Crippen LogP contribution in [0.15, 0.2) is 41.7 Å². The van der Waals surface area contributed by atoms with Gasteiger partial charge in [-0.25, -0.2) is 0 Å². The van der Waals surface area contributed by atoms with Crippen LogP contribution in [0.5, 0.6) is 0 Å². The zero-order valence-corrected chi connectivity index (χ0v) is 8.77. The number of likely N-dealkylation sites (N-methyl/N-ethyl adjacent to an activating group) is 1. The van der Waals surface area contributed by atoms with Crippen LogP contribution < -0.4 is 0 Å². The molecule has 1 aliphatic rings. The van der Waals surface area contributed by atoms with Crippen LogP contribution in [-0.4, -0.2) is 12.1 Å². The molecule has 3 nitrogen and oxygen atoms in total. The van der Waals surface area contributed by atoms with Crippen LogP contribution in [0.4, 0.5) is 0 Å². The van der Waals surface area contributed by atoms with Crippen molar-refractivity contribution < 1.29 is 4.84 Å². The van der Waals surface area contributed by atoms with E-state index in [9.17, 15) is 0 Å². The van der Waals surface area contributed by atoms with Crippen molar-refractivity contribution in [3.8, 4) is 6.07 Å². The molecule has 0 saturated heterocycles. The van der Waals surface area contributed by atoms with Crippen molar-refractivity contribution in [3.05, 3.63) is 47.2 Å². The third kappa shape index (κ3) is 1.60. The standard InChI is InChI=1S/C12H12N2O/c1-9-11(8-13)12(14(2)15-9)10-6-4-3-5-7-10/h3-7,12H,1-2H3. The number of hydrogen-bond acceptors (Lipinski definition) is 3. The lowest BCUT2D eigenvalue weighted by Gasteiger charge is -2.18. The Bertz CT molecular complexity index is 431. The first kappa shape index (κ1) is 9.75. The van der Waals surface area contributed by atoms with Gasteiger partial charge in [-0.05, 0) is 12.5 Å². The zero-order chi connectivity index (χ0) is 10.8. The molecule has 0 aromatic heterocycles. The fraction of sp³-hybridized carbons (Fsp3) is 0.250. The molecule has 0 bridgehead atoms. The van der Waals surface area contributed by atoms with E-state index < -0.39 is 0 Å². The van der Waals surface area contributed by atoms with E-state index in [1.165, 1.54) is 0 Å². The summed E-state index contributed by atoms with van der Waals surface area (Å²) in [5, 5.41) is 10.8. The molecule has 2 rings (SSSR count). The van der Waals surface area contributed by atoms with Crippen molar-refractivity contribution in [1.29, 1.82) is 5.26 Å². The van der Waals surface area contributed by atoms with E-state index in [1.807, 2.05) is 44.3 Å². The molecular formula is C12H12N2O. The molecule has 1 aliphatic heterocycles. The third-order valence-corrected chi connectivity index (χ3v) is 2.53. The third-order valence-electron chi connectivity index (χ3n) is 2.53. The minimum atomic E-state index is -0.0730. The molecule has 1 unspecified atom stereocenters. The number of allylic oxidation sites excluding steroid dienone is 1. The van der Waals surface area contributed by atoms with Gasteiger partial charge in [-0.2, -0.15) is 5.26 Å². The highest BCUT2D eigenvalue weighted by Crippen LogP contribution is 2.35. The van der Waals surface area contributed by atoms with Gasteiger partial charge < -0.3 is 4.84 Å². The van der Waals surface area contributed by atoms with Gasteiger partial charge in [0.1, 0.15) is 17.9 Å². The second-order valence-electron chi connectivity index (χ2n) is 3.53. The van der Waals surface area contributed by atoms with Crippen LogP contribution in [0, 0.1) is 11.3 Å². The molecule has 1 aromatic carbocycles. The van der Waals surface area contributed by atoms with E-state index >= 15 is 0 Å². The van der Waals surface area contributed by atoms with Gasteiger partial charge in [0.2, 0.25) is 0 Å². The van der Waals surface area contributed by atoms with Crippen LogP contribution >= 0.6 is 0 Å². The SMILES string of the molecule is CC1=C(C#N)C(c2ccccc2)N(C)O1. The van der Waals surface area contributed by atoms with Crippen LogP contribution in [0.1, 0.15) is 18.5 Å². The Labute approximate surface area is 89.1 Å². The summed E-state index contributed by atoms with van der Waals surface area (Å²) in [7, 11) is 1.84. The van der Waals surface area contributed by atoms with Gasteiger partial charge in [0.05, 0.1) is 5.57 Å². The van der Waals surface area contributed by atoms with Gasteiger partial charge in [-0.15, -0.1) is 5.06 Å². The summed E-state index contributed by atoms with van der Waals surface area (Å²) < 4.78 is 0. The number of hydroxylamine groups is 2. The largest absolute Gasteiger partial charge is 0.409 e. The quantitative estimate of drug-likeness (QED) is 0.698. The predicted molar refractivity (Wildman–Crippen MR) is 56.3 cm³/mol. The van der Waals surface area contributed by atoms with E-state index in [0.717, 1.165) is 5.56 Å². The highest BCUT2D eigenvalue weighted by Gasteiger charge is 2.31. The summed E-state index contributed by atoms with van der Waals surface area (Å²) in [5.41, 5.74) is 1.76. The Kier molecular flexibility index (Phi) is 2.44. The van der Waals surface area contributed by atoms with Crippen LogP contribution in [-0.2, 0) is 4.84 Å². The molecule has 0 aliphatic carbocycles. The monoisotopic (exact) mass is 200 g/mol. The van der Waals surface area contributed by atoms with Gasteiger partial charge in [-0.3, -0.25) is 0 Å². The van der Waals surface area contributed by atoms with Crippen LogP contribution in [0.25, 0.3) is 0 Å². The number of benzene rings is 1. The fourth-order valence-corrected chi connectivity index (χ4v) is 1.84. The Hall–Kier alpha value is -1.79. The van der Waals surface area contributed by atoms with Gasteiger partial charge in [-0.1, -0.05) is 30.3 Å². The minimum absolute atomic E-state index is 0.0730. The average molecular weight is 200 g/mol. The van der Waals surface area contributed by atoms with Crippen molar-refractivity contribution in [1.82, 2.24) is 5.06 Å². The highest BCUT2D eigenvalue weighted by molar-refractivity contribution is 5.38. The Morgan fingerprint density at radius 2 is 2.00 bits per heavy atom. The maximum atomic E-state index is 9.07. The smallest absolute Gasteiger partial charge is 0.137 e. The summed E-state index contributed by atoms with van der Waals surface area (Å²) >= 11 is 0. The van der Waals surface area contributed by atoms with Crippen molar-refractivity contribution in [3.63, 3.8) is 0 Å².